The van der Waals surface area contributed by atoms with Gasteiger partial charge in [-0.15, -0.1) is 0 Å². The number of hydrogen-bond donors (Lipinski definition) is 2. The molecule has 3 aromatic carbocycles. The molecule has 0 fully saturated rings. The molecule has 3 rings (SSSR count). The van der Waals surface area contributed by atoms with E-state index in [4.69, 9.17) is 9.47 Å². The molecule has 0 radical (unpaired) electrons. The van der Waals surface area contributed by atoms with Crippen LogP contribution in [-0.2, 0) is 16.0 Å². The minimum Gasteiger partial charge on any atom is -0.493 e. The van der Waals surface area contributed by atoms with Crippen LogP contribution in [0.2, 0.25) is 0 Å². The summed E-state index contributed by atoms with van der Waals surface area (Å²) in [7, 11) is 1.51. The van der Waals surface area contributed by atoms with Crippen molar-refractivity contribution in [1.82, 2.24) is 0 Å². The van der Waals surface area contributed by atoms with E-state index >= 15 is 0 Å². The monoisotopic (exact) mass is 440 g/mol. The van der Waals surface area contributed by atoms with E-state index in [0.29, 0.717) is 22.9 Å². The predicted octanol–water partition coefficient (Wildman–Crippen LogP) is 4.56. The molecule has 2 N–H and O–H groups in total. The van der Waals surface area contributed by atoms with Crippen molar-refractivity contribution < 1.29 is 27.8 Å². The molecule has 0 spiro atoms. The molecule has 2 amide bonds. The van der Waals surface area contributed by atoms with Gasteiger partial charge in [-0.05, 0) is 48.9 Å². The Morgan fingerprint density at radius 2 is 1.41 bits per heavy atom. The highest BCUT2D eigenvalue weighted by molar-refractivity contribution is 5.94. The lowest BCUT2D eigenvalue weighted by molar-refractivity contribution is -0.118. The first-order chi connectivity index (χ1) is 15.5. The number of hydrogen-bond acceptors (Lipinski definition) is 4. The number of rotatable bonds is 9. The smallest absolute Gasteiger partial charge is 0.262 e. The largest absolute Gasteiger partial charge is 0.493 e. The fourth-order valence-corrected chi connectivity index (χ4v) is 2.99. The SMILES string of the molecule is COc1ccccc1OCC(=O)Nc1cccc(NC(=O)CCc2c(F)cccc2F)c1. The molecule has 0 bridgehead atoms. The van der Waals surface area contributed by atoms with Gasteiger partial charge in [0, 0.05) is 23.4 Å². The topological polar surface area (TPSA) is 76.7 Å². The number of amides is 2. The van der Waals surface area contributed by atoms with Crippen LogP contribution in [-0.4, -0.2) is 25.5 Å². The number of ether oxygens (including phenoxy) is 2. The Morgan fingerprint density at radius 3 is 2.06 bits per heavy atom. The first-order valence-electron chi connectivity index (χ1n) is 9.84. The quantitative estimate of drug-likeness (QED) is 0.511. The Bertz CT molecular complexity index is 1080. The second-order valence-electron chi connectivity index (χ2n) is 6.82. The van der Waals surface area contributed by atoms with Gasteiger partial charge in [0.15, 0.2) is 18.1 Å². The van der Waals surface area contributed by atoms with Gasteiger partial charge in [0.05, 0.1) is 7.11 Å². The van der Waals surface area contributed by atoms with E-state index < -0.39 is 23.4 Å². The van der Waals surface area contributed by atoms with Crippen LogP contribution in [0.1, 0.15) is 12.0 Å². The third kappa shape index (κ3) is 6.28. The lowest BCUT2D eigenvalue weighted by Crippen LogP contribution is -2.20. The number of halogens is 2. The van der Waals surface area contributed by atoms with E-state index in [-0.39, 0.29) is 25.0 Å². The van der Waals surface area contributed by atoms with Gasteiger partial charge < -0.3 is 20.1 Å². The standard InChI is InChI=1S/C24H22F2N2O4/c1-31-21-10-2-3-11-22(21)32-15-24(30)28-17-7-4-6-16(14-17)27-23(29)13-12-18-19(25)8-5-9-20(18)26/h2-11,14H,12-13,15H2,1H3,(H,27,29)(H,28,30). The minimum atomic E-state index is -0.683. The summed E-state index contributed by atoms with van der Waals surface area (Å²) >= 11 is 0. The van der Waals surface area contributed by atoms with Crippen LogP contribution in [0.4, 0.5) is 20.2 Å². The second-order valence-corrected chi connectivity index (χ2v) is 6.82. The molecule has 0 aliphatic heterocycles. The summed E-state index contributed by atoms with van der Waals surface area (Å²) < 4.78 is 38.0. The molecule has 3 aromatic rings. The molecule has 0 heterocycles. The van der Waals surface area contributed by atoms with Crippen LogP contribution in [0, 0.1) is 11.6 Å². The van der Waals surface area contributed by atoms with E-state index in [2.05, 4.69) is 10.6 Å². The summed E-state index contributed by atoms with van der Waals surface area (Å²) in [6.45, 7) is -0.231. The molecule has 0 atom stereocenters. The van der Waals surface area contributed by atoms with Gasteiger partial charge in [0.1, 0.15) is 11.6 Å². The first kappa shape index (κ1) is 22.7. The molecule has 0 aromatic heterocycles. The van der Waals surface area contributed by atoms with E-state index in [1.165, 1.54) is 13.2 Å². The zero-order chi connectivity index (χ0) is 22.9. The first-order valence-corrected chi connectivity index (χ1v) is 9.84. The van der Waals surface area contributed by atoms with E-state index in [1.54, 1.807) is 48.5 Å². The number of para-hydroxylation sites is 2. The fourth-order valence-electron chi connectivity index (χ4n) is 2.99. The molecule has 32 heavy (non-hydrogen) atoms. The molecule has 6 nitrogen and oxygen atoms in total. The highest BCUT2D eigenvalue weighted by Crippen LogP contribution is 2.25. The number of carbonyl (C=O) groups is 2. The van der Waals surface area contributed by atoms with Crippen molar-refractivity contribution in [2.45, 2.75) is 12.8 Å². The molecule has 0 saturated carbocycles. The number of carbonyl (C=O) groups excluding carboxylic acids is 2. The molecule has 0 unspecified atom stereocenters. The van der Waals surface area contributed by atoms with E-state index in [1.807, 2.05) is 0 Å². The van der Waals surface area contributed by atoms with Crippen molar-refractivity contribution in [3.63, 3.8) is 0 Å². The summed E-state index contributed by atoms with van der Waals surface area (Å²) in [4.78, 5) is 24.4. The normalized spacial score (nSPS) is 10.3. The van der Waals surface area contributed by atoms with E-state index in [0.717, 1.165) is 12.1 Å². The number of methoxy groups -OCH3 is 1. The van der Waals surface area contributed by atoms with Crippen molar-refractivity contribution in [2.75, 3.05) is 24.4 Å². The molecule has 0 aliphatic rings. The maximum Gasteiger partial charge on any atom is 0.262 e. The average Bonchev–Trinajstić information content (AvgIpc) is 2.78. The van der Waals surface area contributed by atoms with Crippen molar-refractivity contribution in [2.24, 2.45) is 0 Å². The maximum absolute atomic E-state index is 13.7. The molecule has 0 saturated heterocycles. The second kappa shape index (κ2) is 10.9. The molecule has 0 aliphatic carbocycles. The Morgan fingerprint density at radius 1 is 0.812 bits per heavy atom. The number of anilines is 2. The van der Waals surface area contributed by atoms with Gasteiger partial charge in [-0.25, -0.2) is 8.78 Å². The lowest BCUT2D eigenvalue weighted by Gasteiger charge is -2.11. The summed E-state index contributed by atoms with van der Waals surface area (Å²) in [5.41, 5.74) is 0.766. The molecule has 8 heteroatoms. The van der Waals surface area contributed by atoms with Crippen molar-refractivity contribution in [3.8, 4) is 11.5 Å². The third-order valence-corrected chi connectivity index (χ3v) is 4.52. The molecular weight excluding hydrogens is 418 g/mol. The average molecular weight is 440 g/mol. The highest BCUT2D eigenvalue weighted by Gasteiger charge is 2.12. The Balaban J connectivity index is 1.52. The van der Waals surface area contributed by atoms with Crippen LogP contribution < -0.4 is 20.1 Å². The summed E-state index contributed by atoms with van der Waals surface area (Å²) in [6.07, 6.45) is -0.164. The van der Waals surface area contributed by atoms with Gasteiger partial charge in [-0.3, -0.25) is 9.59 Å². The van der Waals surface area contributed by atoms with Crippen LogP contribution in [0.3, 0.4) is 0 Å². The number of nitrogens with one attached hydrogen (secondary N) is 2. The predicted molar refractivity (Wildman–Crippen MR) is 117 cm³/mol. The highest BCUT2D eigenvalue weighted by atomic mass is 19.1. The van der Waals surface area contributed by atoms with Crippen LogP contribution in [0.25, 0.3) is 0 Å². The fraction of sp³-hybridized carbons (Fsp3) is 0.167. The van der Waals surface area contributed by atoms with Gasteiger partial charge >= 0.3 is 0 Å². The molecular formula is C24H22F2N2O4. The zero-order valence-corrected chi connectivity index (χ0v) is 17.4. The van der Waals surface area contributed by atoms with Crippen LogP contribution >= 0.6 is 0 Å². The van der Waals surface area contributed by atoms with Gasteiger partial charge in [0.2, 0.25) is 5.91 Å². The minimum absolute atomic E-state index is 0.0684. The maximum atomic E-state index is 13.7. The Kier molecular flexibility index (Phi) is 7.75. The van der Waals surface area contributed by atoms with Gasteiger partial charge in [-0.1, -0.05) is 24.3 Å². The summed E-state index contributed by atoms with van der Waals surface area (Å²) in [5, 5.41) is 5.34. The van der Waals surface area contributed by atoms with Crippen molar-refractivity contribution in [3.05, 3.63) is 83.9 Å². The third-order valence-electron chi connectivity index (χ3n) is 4.52. The summed E-state index contributed by atoms with van der Waals surface area (Å²) in [5.74, 6) is -1.21. The van der Waals surface area contributed by atoms with E-state index in [9.17, 15) is 18.4 Å². The van der Waals surface area contributed by atoms with Gasteiger partial charge in [-0.2, -0.15) is 0 Å². The lowest BCUT2D eigenvalue weighted by atomic mass is 10.1. The van der Waals surface area contributed by atoms with Crippen LogP contribution in [0.5, 0.6) is 11.5 Å². The number of benzene rings is 3. The molecule has 166 valence electrons. The van der Waals surface area contributed by atoms with Crippen LogP contribution in [0.15, 0.2) is 66.7 Å². The summed E-state index contributed by atoms with van der Waals surface area (Å²) in [6, 6.07) is 17.1. The Labute approximate surface area is 184 Å². The Hall–Kier alpha value is -3.94. The van der Waals surface area contributed by atoms with Crippen molar-refractivity contribution in [1.29, 1.82) is 0 Å². The van der Waals surface area contributed by atoms with Crippen molar-refractivity contribution >= 4 is 23.2 Å². The zero-order valence-electron chi connectivity index (χ0n) is 17.4. The van der Waals surface area contributed by atoms with Gasteiger partial charge in [0.25, 0.3) is 5.91 Å².